The van der Waals surface area contributed by atoms with Crippen LogP contribution in [0.5, 0.6) is 0 Å². The quantitative estimate of drug-likeness (QED) is 0.0125. The first-order chi connectivity index (χ1) is 58.5. The number of guanidine groups is 3. The summed E-state index contributed by atoms with van der Waals surface area (Å²) in [5.74, 6) is -21.1. The summed E-state index contributed by atoms with van der Waals surface area (Å²) in [6.45, 7) is 15.2. The Bertz CT molecular complexity index is 3930. The third-order valence-corrected chi connectivity index (χ3v) is 20.6. The van der Waals surface area contributed by atoms with E-state index in [1.165, 1.54) is 20.8 Å². The van der Waals surface area contributed by atoms with E-state index in [0.717, 1.165) is 32.6 Å². The van der Waals surface area contributed by atoms with E-state index in [-0.39, 0.29) is 107 Å². The summed E-state index contributed by atoms with van der Waals surface area (Å²) in [5.41, 5.74) is 45.1. The maximum absolute atomic E-state index is 14.7. The summed E-state index contributed by atoms with van der Waals surface area (Å²) in [7, 11) is 0. The van der Waals surface area contributed by atoms with Gasteiger partial charge in [0.25, 0.3) is 0 Å². The lowest BCUT2D eigenvalue weighted by Crippen LogP contribution is -2.63. The minimum absolute atomic E-state index is 0.0114. The van der Waals surface area contributed by atoms with Crippen molar-refractivity contribution in [2.75, 3.05) is 37.7 Å². The zero-order chi connectivity index (χ0) is 95.0. The van der Waals surface area contributed by atoms with Gasteiger partial charge in [-0.2, -0.15) is 25.3 Å². The van der Waals surface area contributed by atoms with Crippen LogP contribution in [0.3, 0.4) is 0 Å². The zero-order valence-corrected chi connectivity index (χ0v) is 73.9. The first-order valence-electron chi connectivity index (χ1n) is 40.8. The summed E-state index contributed by atoms with van der Waals surface area (Å²) in [6, 6.07) is -16.7. The van der Waals surface area contributed by atoms with Gasteiger partial charge in [-0.1, -0.05) is 78.3 Å². The van der Waals surface area contributed by atoms with E-state index >= 15 is 0 Å². The van der Waals surface area contributed by atoms with Gasteiger partial charge in [0.15, 0.2) is 17.9 Å². The molecule has 20 atom stereocenters. The van der Waals surface area contributed by atoms with Crippen molar-refractivity contribution in [3.05, 3.63) is 35.9 Å². The Morgan fingerprint density at radius 1 is 0.416 bits per heavy atom. The fourth-order valence-electron chi connectivity index (χ4n) is 12.5. The molecule has 1 fully saturated rings. The minimum Gasteiger partial charge on any atom is -0.480 e. The number of hydrogen-bond donors (Lipinski definition) is 28. The second kappa shape index (κ2) is 55.0. The molecule has 1 aromatic carbocycles. The van der Waals surface area contributed by atoms with Crippen molar-refractivity contribution in [2.45, 2.75) is 262 Å². The number of thiol groups is 2. The molecule has 0 aromatic heterocycles. The van der Waals surface area contributed by atoms with Crippen LogP contribution < -0.4 is 120 Å². The number of primary amides is 1. The fraction of sp³-hybridized carbons (Fsp3) is 0.658. The summed E-state index contributed by atoms with van der Waals surface area (Å²) >= 11 is 8.31. The number of carbonyl (C=O) groups excluding carboxylic acids is 16. The molecule has 702 valence electrons. The number of hydrogen-bond acceptors (Lipinski definition) is 26. The Morgan fingerprint density at radius 3 is 1.16 bits per heavy atom. The summed E-state index contributed by atoms with van der Waals surface area (Å²) in [6.07, 6.45) is -6.51. The third kappa shape index (κ3) is 38.3. The van der Waals surface area contributed by atoms with Crippen molar-refractivity contribution in [2.24, 2.45) is 78.6 Å². The van der Waals surface area contributed by atoms with Gasteiger partial charge in [-0.25, -0.2) is 4.79 Å². The smallest absolute Gasteiger partial charge is 0.326 e. The number of aliphatic hydroxyl groups is 3. The average molecular weight is 1810 g/mol. The molecule has 0 radical (unpaired) electrons. The lowest BCUT2D eigenvalue weighted by Gasteiger charge is -2.30. The number of nitrogens with one attached hydrogen (secondary N) is 14. The molecule has 0 spiro atoms. The second-order valence-corrected chi connectivity index (χ2v) is 31.8. The van der Waals surface area contributed by atoms with Crippen molar-refractivity contribution in [3.63, 3.8) is 0 Å². The van der Waals surface area contributed by atoms with Crippen LogP contribution in [0.15, 0.2) is 45.3 Å². The topological polar surface area (TPSA) is 788 Å². The molecule has 0 aliphatic carbocycles. The number of nitrogens with zero attached hydrogens (tertiary/aromatic N) is 4. The van der Waals surface area contributed by atoms with Crippen LogP contribution >= 0.6 is 25.3 Å². The molecule has 1 heterocycles. The minimum atomic E-state index is -2.08. The molecule has 1 aromatic rings. The number of nitrogens with two attached hydrogens (primary N) is 8. The number of carboxylic acids is 1. The first-order valence-corrected chi connectivity index (χ1v) is 42.1. The van der Waals surface area contributed by atoms with Gasteiger partial charge in [-0.15, -0.1) is 0 Å². The second-order valence-electron chi connectivity index (χ2n) is 31.0. The molecule has 49 heteroatoms. The molecule has 34 N–H and O–H groups in total. The molecular formula is C76H130N26O21S2. The number of aliphatic hydroxyl groups excluding tert-OH is 3. The molecule has 0 saturated carbocycles. The first kappa shape index (κ1) is 110. The Morgan fingerprint density at radius 2 is 0.752 bits per heavy atom. The molecule has 1 aliphatic rings. The maximum atomic E-state index is 14.7. The van der Waals surface area contributed by atoms with E-state index in [4.69, 9.17) is 45.9 Å². The van der Waals surface area contributed by atoms with E-state index in [0.29, 0.717) is 18.4 Å². The van der Waals surface area contributed by atoms with E-state index in [1.54, 1.807) is 58.0 Å². The normalized spacial score (nSPS) is 17.0. The molecule has 125 heavy (non-hydrogen) atoms. The van der Waals surface area contributed by atoms with Crippen molar-refractivity contribution in [1.29, 1.82) is 0 Å². The van der Waals surface area contributed by atoms with Gasteiger partial charge in [-0.3, -0.25) is 91.7 Å². The highest BCUT2D eigenvalue weighted by molar-refractivity contribution is 7.80. The standard InChI is InChI=1S/C76H130N26O21S2/c1-12-36(6)54(68(117)89-38(8)72(121)102-29-19-25-50(102)73(122)123)98-65(114)49(33-125)95-67(116)53(35(4)5)97-71(120)57(41(11)105)100-61(110)45(23-17-27-86-75(81)82)90-58(107)37(7)88-69(118)55(39(9)103)101-64(113)48(31-51(78)106)94-70(119)56(40(10)104)99-62(111)46(24-18-28-87-76(83)84)91-63(112)47(30-42-20-14-13-15-21-42)93-60(109)44(22-16-26-85-74(79)80)92-66(115)52(34(2)3)96-59(108)43(77)32-124/h13-15,20-21,34-41,43-50,52-57,103-105,124-125H,12,16-19,22-33,77H2,1-11H3,(H2,78,106)(H,88,118)(H,89,117)(H,90,107)(H,91,112)(H,92,115)(H,93,109)(H,94,119)(H,95,116)(H,96,108)(H,97,120)(H,98,114)(H,99,111)(H,100,110)(H,101,113)(H,122,123)(H4,79,80,85)(H4,81,82,86)(H4,83,84,87)/t36-,37-,38-,39+,40+,41+,43-,44-,45-,46-,47-,48-,49-,50-,52-,53-,54-,55-,56-,57-/m0/s1. The summed E-state index contributed by atoms with van der Waals surface area (Å²) in [5, 5.41) is 76.9. The van der Waals surface area contributed by atoms with Crippen molar-refractivity contribution in [1.82, 2.24) is 79.3 Å². The van der Waals surface area contributed by atoms with E-state index < -0.39 is 240 Å². The van der Waals surface area contributed by atoms with Crippen LogP contribution in [0, 0.1) is 17.8 Å². The molecule has 1 saturated heterocycles. The lowest BCUT2D eigenvalue weighted by molar-refractivity contribution is -0.149. The molecule has 2 rings (SSSR count). The largest absolute Gasteiger partial charge is 0.480 e. The van der Waals surface area contributed by atoms with Crippen LogP contribution in [0.1, 0.15) is 146 Å². The number of carbonyl (C=O) groups is 17. The molecule has 16 amide bonds. The molecule has 0 bridgehead atoms. The highest BCUT2D eigenvalue weighted by atomic mass is 32.1. The highest BCUT2D eigenvalue weighted by Crippen LogP contribution is 2.20. The van der Waals surface area contributed by atoms with Gasteiger partial charge >= 0.3 is 5.97 Å². The third-order valence-electron chi connectivity index (χ3n) is 19.8. The van der Waals surface area contributed by atoms with Crippen molar-refractivity contribution >= 4 is 144 Å². The number of aliphatic imine (C=N–C) groups is 3. The van der Waals surface area contributed by atoms with Crippen LogP contribution in [-0.2, 0) is 87.9 Å². The van der Waals surface area contributed by atoms with Gasteiger partial charge in [0.1, 0.15) is 90.6 Å². The SMILES string of the molecule is CC[C@H](C)[C@H](NC(=O)[C@H](CS)NC(=O)[C@@H](NC(=O)[C@@H](NC(=O)[C@H](CCCN=C(N)N)NC(=O)[C@H](C)NC(=O)[C@@H](NC(=O)[C@H](CC(N)=O)NC(=O)[C@@H](NC(=O)[C@H](CCCN=C(N)N)NC(=O)[C@H](Cc1ccccc1)NC(=O)[C@H](CCCN=C(N)N)NC(=O)[C@@H](NC(=O)[C@@H](N)CS)C(C)C)[C@@H](C)O)[C@@H](C)O)[C@@H](C)O)C(C)C)C(=O)N[C@@H](C)C(=O)N1CCC[C@H]1C(=O)O. The number of rotatable bonds is 55. The Labute approximate surface area is 735 Å². The highest BCUT2D eigenvalue weighted by Gasteiger charge is 2.42. The van der Waals surface area contributed by atoms with Crippen LogP contribution in [0.4, 0.5) is 0 Å². The predicted molar refractivity (Wildman–Crippen MR) is 464 cm³/mol. The fourth-order valence-corrected chi connectivity index (χ4v) is 12.9. The maximum Gasteiger partial charge on any atom is 0.326 e. The molecule has 47 nitrogen and oxygen atoms in total. The van der Waals surface area contributed by atoms with Gasteiger partial charge in [0, 0.05) is 44.1 Å². The zero-order valence-electron chi connectivity index (χ0n) is 72.1. The lowest BCUT2D eigenvalue weighted by atomic mass is 9.97. The number of amides is 16. The van der Waals surface area contributed by atoms with E-state index in [2.05, 4.69) is 115 Å². The van der Waals surface area contributed by atoms with E-state index in [9.17, 15) is 102 Å². The molecule has 1 aliphatic heterocycles. The van der Waals surface area contributed by atoms with Gasteiger partial charge in [0.2, 0.25) is 94.5 Å². The Balaban J connectivity index is 2.47. The monoisotopic (exact) mass is 1810 g/mol. The van der Waals surface area contributed by atoms with Crippen LogP contribution in [-0.4, -0.2) is 296 Å². The number of benzene rings is 1. The van der Waals surface area contributed by atoms with E-state index in [1.807, 2.05) is 0 Å². The number of aliphatic carboxylic acids is 1. The van der Waals surface area contributed by atoms with Gasteiger partial charge in [-0.05, 0) is 109 Å². The average Bonchev–Trinajstić information content (AvgIpc) is 1.81. The van der Waals surface area contributed by atoms with Crippen LogP contribution in [0.2, 0.25) is 0 Å². The van der Waals surface area contributed by atoms with Crippen molar-refractivity contribution in [3.8, 4) is 0 Å². The number of carboxylic acid groups (broad SMARTS) is 1. The van der Waals surface area contributed by atoms with Crippen LogP contribution in [0.25, 0.3) is 0 Å². The Hall–Kier alpha value is -11.4. The predicted octanol–water partition coefficient (Wildman–Crippen LogP) is -10.1. The number of likely N-dealkylation sites (tertiary alicyclic amines) is 1. The molecule has 0 unspecified atom stereocenters. The van der Waals surface area contributed by atoms with Gasteiger partial charge in [0.05, 0.1) is 30.8 Å². The van der Waals surface area contributed by atoms with Gasteiger partial charge < -0.3 is 146 Å². The van der Waals surface area contributed by atoms with Crippen molar-refractivity contribution < 1.29 is 102 Å². The summed E-state index contributed by atoms with van der Waals surface area (Å²) in [4.78, 5) is 248. The summed E-state index contributed by atoms with van der Waals surface area (Å²) < 4.78 is 0. The Kier molecular flexibility index (Phi) is 48.3. The molecular weight excluding hydrogens is 1680 g/mol.